The molecule has 1 N–H and O–H groups in total. The Hall–Kier alpha value is -1.03. The van der Waals surface area contributed by atoms with E-state index in [1.165, 1.54) is 12.8 Å². The van der Waals surface area contributed by atoms with E-state index in [-0.39, 0.29) is 0 Å². The van der Waals surface area contributed by atoms with Gasteiger partial charge in [0.25, 0.3) is 0 Å². The van der Waals surface area contributed by atoms with Gasteiger partial charge in [0.1, 0.15) is 0 Å². The third kappa shape index (κ3) is 6.31. The van der Waals surface area contributed by atoms with Crippen molar-refractivity contribution in [2.75, 3.05) is 19.7 Å². The molecule has 0 saturated heterocycles. The Morgan fingerprint density at radius 2 is 2.24 bits per heavy atom. The van der Waals surface area contributed by atoms with Crippen molar-refractivity contribution in [3.8, 4) is 5.75 Å². The van der Waals surface area contributed by atoms with Crippen molar-refractivity contribution < 1.29 is 4.74 Å². The lowest BCUT2D eigenvalue weighted by Gasteiger charge is -2.06. The predicted octanol–water partition coefficient (Wildman–Crippen LogP) is 2.31. The van der Waals surface area contributed by atoms with Gasteiger partial charge in [-0.3, -0.25) is 4.68 Å². The number of nitrogens with one attached hydrogen (secondary N) is 1. The van der Waals surface area contributed by atoms with Crippen LogP contribution in [0.4, 0.5) is 0 Å². The summed E-state index contributed by atoms with van der Waals surface area (Å²) in [4.78, 5) is 0. The molecule has 0 spiro atoms. The van der Waals surface area contributed by atoms with E-state index in [2.05, 4.69) is 24.3 Å². The maximum Gasteiger partial charge on any atom is 0.157 e. The minimum Gasteiger partial charge on any atom is -0.491 e. The number of ether oxygens (including phenoxy) is 1. The SMILES string of the molecule is CCOc1cnn(CCNCCCC(C)C)c1. The molecule has 0 atom stereocenters. The monoisotopic (exact) mass is 239 g/mol. The minimum atomic E-state index is 0.694. The molecule has 1 aromatic heterocycles. The zero-order valence-electron chi connectivity index (χ0n) is 11.3. The first-order valence-electron chi connectivity index (χ1n) is 6.58. The molecular formula is C13H25N3O. The van der Waals surface area contributed by atoms with Crippen LogP contribution in [0.1, 0.15) is 33.6 Å². The molecule has 1 rings (SSSR count). The second kappa shape index (κ2) is 8.12. The summed E-state index contributed by atoms with van der Waals surface area (Å²) in [5, 5.41) is 7.66. The zero-order chi connectivity index (χ0) is 12.5. The topological polar surface area (TPSA) is 39.1 Å². The van der Waals surface area contributed by atoms with Crippen LogP contribution in [0.5, 0.6) is 5.75 Å². The van der Waals surface area contributed by atoms with Crippen LogP contribution in [0.25, 0.3) is 0 Å². The van der Waals surface area contributed by atoms with Gasteiger partial charge in [0.2, 0.25) is 0 Å². The van der Waals surface area contributed by atoms with Gasteiger partial charge in [-0.05, 0) is 32.2 Å². The average molecular weight is 239 g/mol. The molecule has 4 nitrogen and oxygen atoms in total. The van der Waals surface area contributed by atoms with Gasteiger partial charge in [-0.1, -0.05) is 13.8 Å². The van der Waals surface area contributed by atoms with E-state index in [9.17, 15) is 0 Å². The summed E-state index contributed by atoms with van der Waals surface area (Å²) < 4.78 is 7.27. The molecule has 0 unspecified atom stereocenters. The van der Waals surface area contributed by atoms with E-state index in [1.807, 2.05) is 17.8 Å². The fraction of sp³-hybridized carbons (Fsp3) is 0.769. The van der Waals surface area contributed by atoms with Crippen LogP contribution in [-0.2, 0) is 6.54 Å². The van der Waals surface area contributed by atoms with E-state index in [4.69, 9.17) is 4.74 Å². The van der Waals surface area contributed by atoms with Gasteiger partial charge in [-0.15, -0.1) is 0 Å². The highest BCUT2D eigenvalue weighted by molar-refractivity contribution is 5.11. The van der Waals surface area contributed by atoms with Gasteiger partial charge in [-0.25, -0.2) is 0 Å². The minimum absolute atomic E-state index is 0.694. The third-order valence-corrected chi connectivity index (χ3v) is 2.57. The van der Waals surface area contributed by atoms with Gasteiger partial charge in [-0.2, -0.15) is 5.10 Å². The second-order valence-electron chi connectivity index (χ2n) is 4.66. The van der Waals surface area contributed by atoms with Crippen molar-refractivity contribution in [1.29, 1.82) is 0 Å². The highest BCUT2D eigenvalue weighted by Crippen LogP contribution is 2.07. The average Bonchev–Trinajstić information content (AvgIpc) is 2.71. The first kappa shape index (κ1) is 14.0. The summed E-state index contributed by atoms with van der Waals surface area (Å²) in [7, 11) is 0. The number of hydrogen-bond donors (Lipinski definition) is 1. The van der Waals surface area contributed by atoms with Crippen molar-refractivity contribution in [2.24, 2.45) is 5.92 Å². The Balaban J connectivity index is 2.05. The standard InChI is InChI=1S/C13H25N3O/c1-4-17-13-10-15-16(11-13)9-8-14-7-5-6-12(2)3/h10-12,14H,4-9H2,1-3H3. The summed E-state index contributed by atoms with van der Waals surface area (Å²) in [5.74, 6) is 1.66. The van der Waals surface area contributed by atoms with E-state index in [1.54, 1.807) is 6.20 Å². The van der Waals surface area contributed by atoms with Gasteiger partial charge in [0.15, 0.2) is 5.75 Å². The third-order valence-electron chi connectivity index (χ3n) is 2.57. The molecule has 0 aromatic carbocycles. The van der Waals surface area contributed by atoms with E-state index in [0.29, 0.717) is 6.61 Å². The highest BCUT2D eigenvalue weighted by atomic mass is 16.5. The Bertz CT molecular complexity index is 297. The quantitative estimate of drug-likeness (QED) is 0.672. The Labute approximate surface area is 104 Å². The normalized spacial score (nSPS) is 11.1. The van der Waals surface area contributed by atoms with Crippen LogP contribution in [-0.4, -0.2) is 29.5 Å². The van der Waals surface area contributed by atoms with Crippen molar-refractivity contribution >= 4 is 0 Å². The molecule has 4 heteroatoms. The fourth-order valence-corrected chi connectivity index (χ4v) is 1.66. The number of aromatic nitrogens is 2. The Kier molecular flexibility index (Phi) is 6.70. The fourth-order valence-electron chi connectivity index (χ4n) is 1.66. The van der Waals surface area contributed by atoms with Gasteiger partial charge in [0, 0.05) is 6.54 Å². The molecule has 98 valence electrons. The maximum absolute atomic E-state index is 5.35. The lowest BCUT2D eigenvalue weighted by atomic mass is 10.1. The first-order chi connectivity index (χ1) is 8.22. The van der Waals surface area contributed by atoms with E-state index >= 15 is 0 Å². The molecular weight excluding hydrogens is 214 g/mol. The summed E-state index contributed by atoms with van der Waals surface area (Å²) >= 11 is 0. The summed E-state index contributed by atoms with van der Waals surface area (Å²) in [6, 6.07) is 0. The Morgan fingerprint density at radius 3 is 2.94 bits per heavy atom. The zero-order valence-corrected chi connectivity index (χ0v) is 11.3. The molecule has 0 aliphatic rings. The lowest BCUT2D eigenvalue weighted by Crippen LogP contribution is -2.21. The second-order valence-corrected chi connectivity index (χ2v) is 4.66. The maximum atomic E-state index is 5.35. The van der Waals surface area contributed by atoms with Crippen LogP contribution < -0.4 is 10.1 Å². The molecule has 0 bridgehead atoms. The molecule has 0 aliphatic carbocycles. The molecule has 0 aliphatic heterocycles. The van der Waals surface area contributed by atoms with Crippen molar-refractivity contribution in [3.63, 3.8) is 0 Å². The van der Waals surface area contributed by atoms with Crippen molar-refractivity contribution in [3.05, 3.63) is 12.4 Å². The van der Waals surface area contributed by atoms with Crippen molar-refractivity contribution in [1.82, 2.24) is 15.1 Å². The van der Waals surface area contributed by atoms with E-state index in [0.717, 1.165) is 31.3 Å². The van der Waals surface area contributed by atoms with E-state index < -0.39 is 0 Å². The number of nitrogens with zero attached hydrogens (tertiary/aromatic N) is 2. The lowest BCUT2D eigenvalue weighted by molar-refractivity contribution is 0.339. The first-order valence-corrected chi connectivity index (χ1v) is 6.58. The largest absolute Gasteiger partial charge is 0.491 e. The van der Waals surface area contributed by atoms with Gasteiger partial charge >= 0.3 is 0 Å². The summed E-state index contributed by atoms with van der Waals surface area (Å²) in [6.45, 7) is 10.2. The van der Waals surface area contributed by atoms with Gasteiger partial charge in [0.05, 0.1) is 25.5 Å². The predicted molar refractivity (Wildman–Crippen MR) is 70.3 cm³/mol. The summed E-state index contributed by atoms with van der Waals surface area (Å²) in [6.07, 6.45) is 6.26. The number of hydrogen-bond acceptors (Lipinski definition) is 3. The summed E-state index contributed by atoms with van der Waals surface area (Å²) in [5.41, 5.74) is 0. The van der Waals surface area contributed by atoms with Crippen LogP contribution in [0.3, 0.4) is 0 Å². The molecule has 1 aromatic rings. The smallest absolute Gasteiger partial charge is 0.157 e. The Morgan fingerprint density at radius 1 is 1.41 bits per heavy atom. The van der Waals surface area contributed by atoms with Crippen LogP contribution >= 0.6 is 0 Å². The van der Waals surface area contributed by atoms with Crippen LogP contribution in [0.2, 0.25) is 0 Å². The highest BCUT2D eigenvalue weighted by Gasteiger charge is 1.98. The number of rotatable bonds is 9. The van der Waals surface area contributed by atoms with Crippen LogP contribution in [0.15, 0.2) is 12.4 Å². The molecule has 0 amide bonds. The van der Waals surface area contributed by atoms with Gasteiger partial charge < -0.3 is 10.1 Å². The molecule has 0 fully saturated rings. The molecule has 0 radical (unpaired) electrons. The molecule has 0 saturated carbocycles. The van der Waals surface area contributed by atoms with Crippen LogP contribution in [0, 0.1) is 5.92 Å². The van der Waals surface area contributed by atoms with Crippen molar-refractivity contribution in [2.45, 2.75) is 40.2 Å². The molecule has 17 heavy (non-hydrogen) atoms. The molecule has 1 heterocycles.